The molecule has 1 saturated carbocycles. The lowest BCUT2D eigenvalue weighted by molar-refractivity contribution is -0.126. The number of amides is 1. The number of nitrogens with zero attached hydrogens (tertiary/aromatic N) is 4. The number of thiophene rings is 1. The average molecular weight is 574 g/mol. The van der Waals surface area contributed by atoms with Crippen molar-refractivity contribution in [3.8, 4) is 5.88 Å². The van der Waals surface area contributed by atoms with E-state index in [0.717, 1.165) is 44.5 Å². The van der Waals surface area contributed by atoms with Gasteiger partial charge in [0.2, 0.25) is 11.8 Å². The number of benzene rings is 1. The van der Waals surface area contributed by atoms with Crippen LogP contribution < -0.4 is 15.0 Å². The molecular formula is C33H43N5O2S. The van der Waals surface area contributed by atoms with Crippen molar-refractivity contribution in [3.63, 3.8) is 0 Å². The normalized spacial score (nSPS) is 22.4. The molecule has 6 rings (SSSR count). The van der Waals surface area contributed by atoms with Gasteiger partial charge in [-0.25, -0.2) is 4.98 Å². The molecule has 0 atom stereocenters. The molecule has 218 valence electrons. The molecule has 2 aromatic heterocycles. The van der Waals surface area contributed by atoms with E-state index in [1.165, 1.54) is 59.3 Å². The van der Waals surface area contributed by atoms with E-state index in [4.69, 9.17) is 9.73 Å². The van der Waals surface area contributed by atoms with Gasteiger partial charge in [-0.3, -0.25) is 14.7 Å². The SMILES string of the molecule is CC(C)NC(=O)C1CCC(N2C(=NCc3ccc4ccsc4c3)Cc3cnc(OCCN4CCCCC4)cc32)CC1. The first-order valence-electron chi connectivity index (χ1n) is 15.5. The summed E-state index contributed by atoms with van der Waals surface area (Å²) < 4.78 is 7.49. The quantitative estimate of drug-likeness (QED) is 0.330. The van der Waals surface area contributed by atoms with Gasteiger partial charge >= 0.3 is 0 Å². The number of rotatable bonds is 9. The Labute approximate surface area is 248 Å². The summed E-state index contributed by atoms with van der Waals surface area (Å²) in [6.07, 6.45) is 10.5. The molecule has 1 amide bonds. The van der Waals surface area contributed by atoms with Crippen LogP contribution in [0.25, 0.3) is 10.1 Å². The lowest BCUT2D eigenvalue weighted by Gasteiger charge is -2.36. The Kier molecular flexibility index (Phi) is 8.87. The molecule has 41 heavy (non-hydrogen) atoms. The maximum Gasteiger partial charge on any atom is 0.223 e. The van der Waals surface area contributed by atoms with Crippen LogP contribution >= 0.6 is 11.3 Å². The highest BCUT2D eigenvalue weighted by atomic mass is 32.1. The number of aromatic nitrogens is 1. The van der Waals surface area contributed by atoms with E-state index in [2.05, 4.69) is 55.8 Å². The molecule has 3 aliphatic rings. The smallest absolute Gasteiger partial charge is 0.223 e. The van der Waals surface area contributed by atoms with Gasteiger partial charge in [-0.2, -0.15) is 0 Å². The zero-order valence-corrected chi connectivity index (χ0v) is 25.3. The maximum atomic E-state index is 12.7. The topological polar surface area (TPSA) is 70.1 Å². The fraction of sp³-hybridized carbons (Fsp3) is 0.545. The number of nitrogens with one attached hydrogen (secondary N) is 1. The second kappa shape index (κ2) is 12.9. The van der Waals surface area contributed by atoms with Crippen molar-refractivity contribution in [2.24, 2.45) is 10.9 Å². The highest BCUT2D eigenvalue weighted by Crippen LogP contribution is 2.38. The van der Waals surface area contributed by atoms with Gasteiger partial charge in [-0.15, -0.1) is 11.3 Å². The number of aliphatic imine (C=N–C) groups is 1. The van der Waals surface area contributed by atoms with Crippen LogP contribution in [0, 0.1) is 5.92 Å². The molecular weight excluding hydrogens is 530 g/mol. The zero-order chi connectivity index (χ0) is 28.2. The van der Waals surface area contributed by atoms with Crippen molar-refractivity contribution in [2.75, 3.05) is 31.1 Å². The van der Waals surface area contributed by atoms with Crippen LogP contribution in [0.5, 0.6) is 5.88 Å². The monoisotopic (exact) mass is 573 g/mol. The molecule has 2 fully saturated rings. The Bertz CT molecular complexity index is 1370. The van der Waals surface area contributed by atoms with Gasteiger partial charge in [-0.1, -0.05) is 18.6 Å². The molecule has 4 heterocycles. The van der Waals surface area contributed by atoms with Crippen molar-refractivity contribution in [1.82, 2.24) is 15.2 Å². The van der Waals surface area contributed by atoms with E-state index in [1.807, 2.05) is 20.0 Å². The first-order valence-corrected chi connectivity index (χ1v) is 16.3. The largest absolute Gasteiger partial charge is 0.476 e. The molecule has 2 aliphatic heterocycles. The number of fused-ring (bicyclic) bond motifs is 2. The summed E-state index contributed by atoms with van der Waals surface area (Å²) in [5.41, 5.74) is 3.62. The highest BCUT2D eigenvalue weighted by molar-refractivity contribution is 7.17. The standard InChI is InChI=1S/C33H43N5O2S/c1-23(2)36-33(39)26-8-10-28(11-9-26)38-29-20-32(40-16-15-37-13-4-3-5-14-37)35-22-27(29)19-31(38)34-21-24-6-7-25-12-17-41-30(25)18-24/h6-7,12,17-18,20,22-23,26,28H,3-5,8-11,13-16,19,21H2,1-2H3,(H,36,39). The Morgan fingerprint density at radius 2 is 1.95 bits per heavy atom. The van der Waals surface area contributed by atoms with Gasteiger partial charge in [0.05, 0.1) is 12.2 Å². The molecule has 0 bridgehead atoms. The average Bonchev–Trinajstić information content (AvgIpc) is 3.60. The Balaban J connectivity index is 1.19. The van der Waals surface area contributed by atoms with Crippen molar-refractivity contribution in [1.29, 1.82) is 0 Å². The summed E-state index contributed by atoms with van der Waals surface area (Å²) in [4.78, 5) is 27.5. The number of carbonyl (C=O) groups excluding carboxylic acids is 1. The number of hydrogen-bond acceptors (Lipinski definition) is 6. The minimum atomic E-state index is 0.0970. The van der Waals surface area contributed by atoms with Gasteiger partial charge in [0, 0.05) is 53.5 Å². The van der Waals surface area contributed by atoms with Crippen LogP contribution in [0.4, 0.5) is 5.69 Å². The van der Waals surface area contributed by atoms with E-state index in [-0.39, 0.29) is 17.9 Å². The number of anilines is 1. The van der Waals surface area contributed by atoms with E-state index in [0.29, 0.717) is 25.1 Å². The molecule has 0 radical (unpaired) electrons. The predicted octanol–water partition coefficient (Wildman–Crippen LogP) is 6.21. The van der Waals surface area contributed by atoms with Crippen LogP contribution in [-0.2, 0) is 17.8 Å². The second-order valence-electron chi connectivity index (χ2n) is 12.1. The molecule has 1 saturated heterocycles. The number of piperidine rings is 1. The lowest BCUT2D eigenvalue weighted by atomic mass is 9.84. The first kappa shape index (κ1) is 28.2. The third kappa shape index (κ3) is 6.75. The number of carbonyl (C=O) groups is 1. The van der Waals surface area contributed by atoms with Gasteiger partial charge < -0.3 is 15.0 Å². The molecule has 3 aromatic rings. The maximum absolute atomic E-state index is 12.7. The van der Waals surface area contributed by atoms with Crippen molar-refractivity contribution in [3.05, 3.63) is 53.0 Å². The van der Waals surface area contributed by atoms with E-state index < -0.39 is 0 Å². The third-order valence-electron chi connectivity index (χ3n) is 8.76. The highest BCUT2D eigenvalue weighted by Gasteiger charge is 2.36. The number of likely N-dealkylation sites (tertiary alicyclic amines) is 1. The van der Waals surface area contributed by atoms with E-state index in [9.17, 15) is 4.79 Å². The Morgan fingerprint density at radius 3 is 2.76 bits per heavy atom. The van der Waals surface area contributed by atoms with E-state index in [1.54, 1.807) is 11.3 Å². The van der Waals surface area contributed by atoms with Gasteiger partial charge in [0.15, 0.2) is 0 Å². The summed E-state index contributed by atoms with van der Waals surface area (Å²) in [6, 6.07) is 11.5. The fourth-order valence-electron chi connectivity index (χ4n) is 6.57. The van der Waals surface area contributed by atoms with Crippen LogP contribution in [0.15, 0.2) is 46.9 Å². The molecule has 8 heteroatoms. The number of ether oxygens (including phenoxy) is 1. The minimum absolute atomic E-state index is 0.0970. The van der Waals surface area contributed by atoms with Crippen LogP contribution in [-0.4, -0.2) is 60.0 Å². The fourth-order valence-corrected chi connectivity index (χ4v) is 7.42. The number of pyridine rings is 1. The molecule has 1 aliphatic carbocycles. The summed E-state index contributed by atoms with van der Waals surface area (Å²) in [7, 11) is 0. The summed E-state index contributed by atoms with van der Waals surface area (Å²) in [5, 5.41) is 6.55. The van der Waals surface area contributed by atoms with Crippen LogP contribution in [0.1, 0.15) is 69.9 Å². The molecule has 0 unspecified atom stereocenters. The van der Waals surface area contributed by atoms with Gasteiger partial charge in [0.1, 0.15) is 12.4 Å². The minimum Gasteiger partial charge on any atom is -0.476 e. The molecule has 0 spiro atoms. The lowest BCUT2D eigenvalue weighted by Crippen LogP contribution is -2.43. The molecule has 1 N–H and O–H groups in total. The summed E-state index contributed by atoms with van der Waals surface area (Å²) in [6.45, 7) is 8.68. The van der Waals surface area contributed by atoms with Crippen LogP contribution in [0.3, 0.4) is 0 Å². The number of amidine groups is 1. The molecule has 7 nitrogen and oxygen atoms in total. The summed E-state index contributed by atoms with van der Waals surface area (Å²) >= 11 is 1.78. The second-order valence-corrected chi connectivity index (χ2v) is 13.1. The van der Waals surface area contributed by atoms with Gasteiger partial charge in [0.25, 0.3) is 0 Å². The Morgan fingerprint density at radius 1 is 1.12 bits per heavy atom. The van der Waals surface area contributed by atoms with Crippen molar-refractivity contribution < 1.29 is 9.53 Å². The zero-order valence-electron chi connectivity index (χ0n) is 24.5. The Hall–Kier alpha value is -2.97. The first-order chi connectivity index (χ1) is 20.0. The van der Waals surface area contributed by atoms with Crippen LogP contribution in [0.2, 0.25) is 0 Å². The van der Waals surface area contributed by atoms with E-state index >= 15 is 0 Å². The predicted molar refractivity (Wildman–Crippen MR) is 168 cm³/mol. The number of hydrogen-bond donors (Lipinski definition) is 1. The van der Waals surface area contributed by atoms with Gasteiger partial charge in [-0.05, 0) is 93.9 Å². The van der Waals surface area contributed by atoms with Crippen molar-refractivity contribution >= 4 is 38.9 Å². The summed E-state index contributed by atoms with van der Waals surface area (Å²) in [5.74, 6) is 2.10. The third-order valence-corrected chi connectivity index (χ3v) is 9.64. The molecule has 1 aromatic carbocycles. The van der Waals surface area contributed by atoms with Crippen molar-refractivity contribution in [2.45, 2.75) is 83.8 Å².